The van der Waals surface area contributed by atoms with E-state index in [1.54, 1.807) is 6.07 Å². The normalized spacial score (nSPS) is 10.2. The molecule has 0 amide bonds. The smallest absolute Gasteiger partial charge is 0.239 e. The van der Waals surface area contributed by atoms with E-state index >= 15 is 0 Å². The fraction of sp³-hybridized carbons (Fsp3) is 0.267. The minimum absolute atomic E-state index is 0.484. The number of hydrogen-bond acceptors (Lipinski definition) is 4. The van der Waals surface area contributed by atoms with Crippen LogP contribution in [0.4, 0.5) is 11.5 Å². The van der Waals surface area contributed by atoms with Crippen LogP contribution in [-0.4, -0.2) is 11.6 Å². The number of pyridine rings is 1. The Balaban J connectivity index is 2.07. The maximum Gasteiger partial charge on any atom is 0.239 e. The Hall–Kier alpha value is -2.23. The van der Waals surface area contributed by atoms with Gasteiger partial charge in [-0.25, -0.2) is 0 Å². The maximum atomic E-state index is 5.79. The molecular formula is C15H19N3O. The highest BCUT2D eigenvalue weighted by Gasteiger charge is 2.04. The van der Waals surface area contributed by atoms with Crippen LogP contribution in [0, 0.1) is 6.92 Å². The summed E-state index contributed by atoms with van der Waals surface area (Å²) in [5.74, 6) is 1.25. The van der Waals surface area contributed by atoms with Gasteiger partial charge in [-0.2, -0.15) is 4.98 Å². The molecule has 100 valence electrons. The SMILES string of the molecule is CCOc1nc(NCc2ccccc2C)ccc1N. The van der Waals surface area contributed by atoms with Gasteiger partial charge in [-0.3, -0.25) is 0 Å². The van der Waals surface area contributed by atoms with Gasteiger partial charge in [-0.1, -0.05) is 24.3 Å². The second kappa shape index (κ2) is 6.09. The predicted octanol–water partition coefficient (Wildman–Crippen LogP) is 2.98. The minimum Gasteiger partial charge on any atom is -0.476 e. The Morgan fingerprint density at radius 1 is 1.21 bits per heavy atom. The van der Waals surface area contributed by atoms with E-state index in [1.807, 2.05) is 25.1 Å². The number of anilines is 2. The van der Waals surface area contributed by atoms with Crippen molar-refractivity contribution in [1.29, 1.82) is 0 Å². The zero-order valence-corrected chi connectivity index (χ0v) is 11.3. The number of nitrogens with two attached hydrogens (primary N) is 1. The lowest BCUT2D eigenvalue weighted by atomic mass is 10.1. The second-order valence-electron chi connectivity index (χ2n) is 4.30. The molecule has 0 aliphatic rings. The third-order valence-electron chi connectivity index (χ3n) is 2.89. The van der Waals surface area contributed by atoms with Crippen LogP contribution < -0.4 is 15.8 Å². The molecule has 0 atom stereocenters. The molecule has 0 radical (unpaired) electrons. The van der Waals surface area contributed by atoms with E-state index in [4.69, 9.17) is 10.5 Å². The summed E-state index contributed by atoms with van der Waals surface area (Å²) in [7, 11) is 0. The van der Waals surface area contributed by atoms with Crippen LogP contribution >= 0.6 is 0 Å². The molecule has 2 aromatic rings. The van der Waals surface area contributed by atoms with Crippen molar-refractivity contribution >= 4 is 11.5 Å². The zero-order valence-electron chi connectivity index (χ0n) is 11.3. The van der Waals surface area contributed by atoms with Crippen molar-refractivity contribution in [1.82, 2.24) is 4.98 Å². The molecule has 1 heterocycles. The van der Waals surface area contributed by atoms with Gasteiger partial charge in [0.05, 0.1) is 12.3 Å². The average Bonchev–Trinajstić information content (AvgIpc) is 2.41. The van der Waals surface area contributed by atoms with Gasteiger partial charge in [0.1, 0.15) is 5.82 Å². The summed E-state index contributed by atoms with van der Waals surface area (Å²) in [6.45, 7) is 5.29. The van der Waals surface area contributed by atoms with Crippen LogP contribution in [0.1, 0.15) is 18.1 Å². The predicted molar refractivity (Wildman–Crippen MR) is 78.3 cm³/mol. The van der Waals surface area contributed by atoms with E-state index in [0.29, 0.717) is 18.2 Å². The van der Waals surface area contributed by atoms with Crippen molar-refractivity contribution in [2.24, 2.45) is 0 Å². The van der Waals surface area contributed by atoms with Gasteiger partial charge in [0.15, 0.2) is 0 Å². The lowest BCUT2D eigenvalue weighted by molar-refractivity contribution is 0.329. The van der Waals surface area contributed by atoms with Gasteiger partial charge >= 0.3 is 0 Å². The number of nitrogens with zero attached hydrogens (tertiary/aromatic N) is 1. The molecule has 0 saturated carbocycles. The van der Waals surface area contributed by atoms with Gasteiger partial charge in [-0.05, 0) is 37.1 Å². The number of aromatic nitrogens is 1. The van der Waals surface area contributed by atoms with Crippen LogP contribution in [0.2, 0.25) is 0 Å². The molecule has 4 heteroatoms. The zero-order chi connectivity index (χ0) is 13.7. The standard InChI is InChI=1S/C15H19N3O/c1-3-19-15-13(16)8-9-14(18-15)17-10-12-7-5-4-6-11(12)2/h4-9H,3,10,16H2,1-2H3,(H,17,18). The molecule has 0 aliphatic heterocycles. The van der Waals surface area contributed by atoms with Gasteiger partial charge in [0.25, 0.3) is 0 Å². The van der Waals surface area contributed by atoms with Crippen molar-refractivity contribution in [3.05, 3.63) is 47.5 Å². The molecular weight excluding hydrogens is 238 g/mol. The number of hydrogen-bond donors (Lipinski definition) is 2. The molecule has 0 bridgehead atoms. The molecule has 2 rings (SSSR count). The number of benzene rings is 1. The Kier molecular flexibility index (Phi) is 4.23. The Morgan fingerprint density at radius 2 is 2.00 bits per heavy atom. The average molecular weight is 257 g/mol. The van der Waals surface area contributed by atoms with E-state index in [1.165, 1.54) is 11.1 Å². The van der Waals surface area contributed by atoms with Gasteiger partial charge < -0.3 is 15.8 Å². The van der Waals surface area contributed by atoms with E-state index < -0.39 is 0 Å². The molecule has 19 heavy (non-hydrogen) atoms. The van der Waals surface area contributed by atoms with Crippen LogP contribution in [0.3, 0.4) is 0 Å². The summed E-state index contributed by atoms with van der Waals surface area (Å²) < 4.78 is 5.38. The van der Waals surface area contributed by atoms with Crippen molar-refractivity contribution in [2.45, 2.75) is 20.4 Å². The highest BCUT2D eigenvalue weighted by molar-refractivity contribution is 5.53. The van der Waals surface area contributed by atoms with E-state index in [0.717, 1.165) is 12.4 Å². The topological polar surface area (TPSA) is 60.2 Å². The summed E-state index contributed by atoms with van der Waals surface area (Å²) >= 11 is 0. The lowest BCUT2D eigenvalue weighted by Gasteiger charge is -2.11. The number of nitrogen functional groups attached to an aromatic ring is 1. The molecule has 0 spiro atoms. The fourth-order valence-electron chi connectivity index (χ4n) is 1.80. The number of rotatable bonds is 5. The first-order valence-corrected chi connectivity index (χ1v) is 6.38. The van der Waals surface area contributed by atoms with E-state index in [-0.39, 0.29) is 0 Å². The van der Waals surface area contributed by atoms with Crippen LogP contribution in [0.5, 0.6) is 5.88 Å². The number of aryl methyl sites for hydroxylation is 1. The minimum atomic E-state index is 0.484. The molecule has 0 unspecified atom stereocenters. The quantitative estimate of drug-likeness (QED) is 0.864. The number of ether oxygens (including phenoxy) is 1. The molecule has 0 fully saturated rings. The van der Waals surface area contributed by atoms with Gasteiger partial charge in [0, 0.05) is 6.54 Å². The lowest BCUT2D eigenvalue weighted by Crippen LogP contribution is -2.05. The van der Waals surface area contributed by atoms with Gasteiger partial charge in [0.2, 0.25) is 5.88 Å². The molecule has 3 N–H and O–H groups in total. The molecule has 1 aromatic heterocycles. The fourth-order valence-corrected chi connectivity index (χ4v) is 1.80. The van der Waals surface area contributed by atoms with E-state index in [9.17, 15) is 0 Å². The van der Waals surface area contributed by atoms with Crippen LogP contribution in [0.25, 0.3) is 0 Å². The van der Waals surface area contributed by atoms with Crippen molar-refractivity contribution in [2.75, 3.05) is 17.7 Å². The summed E-state index contributed by atoms with van der Waals surface area (Å²) in [5.41, 5.74) is 8.86. The van der Waals surface area contributed by atoms with Crippen molar-refractivity contribution < 1.29 is 4.74 Å². The molecule has 0 aliphatic carbocycles. The molecule has 1 aromatic carbocycles. The first-order valence-electron chi connectivity index (χ1n) is 6.38. The summed E-state index contributed by atoms with van der Waals surface area (Å²) in [6.07, 6.45) is 0. The third-order valence-corrected chi connectivity index (χ3v) is 2.89. The highest BCUT2D eigenvalue weighted by atomic mass is 16.5. The largest absolute Gasteiger partial charge is 0.476 e. The highest BCUT2D eigenvalue weighted by Crippen LogP contribution is 2.21. The number of nitrogens with one attached hydrogen (secondary N) is 1. The summed E-state index contributed by atoms with van der Waals surface area (Å²) in [4.78, 5) is 4.35. The van der Waals surface area contributed by atoms with Crippen molar-refractivity contribution in [3.8, 4) is 5.88 Å². The first kappa shape index (κ1) is 13.2. The Labute approximate surface area is 113 Å². The summed E-state index contributed by atoms with van der Waals surface area (Å²) in [5, 5.41) is 3.28. The third kappa shape index (κ3) is 3.37. The Bertz CT molecular complexity index is 555. The second-order valence-corrected chi connectivity index (χ2v) is 4.30. The molecule has 4 nitrogen and oxygen atoms in total. The van der Waals surface area contributed by atoms with Crippen molar-refractivity contribution in [3.63, 3.8) is 0 Å². The summed E-state index contributed by atoms with van der Waals surface area (Å²) in [6, 6.07) is 11.9. The van der Waals surface area contributed by atoms with Gasteiger partial charge in [-0.15, -0.1) is 0 Å². The molecule has 0 saturated heterocycles. The maximum absolute atomic E-state index is 5.79. The monoisotopic (exact) mass is 257 g/mol. The Morgan fingerprint density at radius 3 is 2.74 bits per heavy atom. The first-order chi connectivity index (χ1) is 9.20. The van der Waals surface area contributed by atoms with Crippen LogP contribution in [0.15, 0.2) is 36.4 Å². The van der Waals surface area contributed by atoms with Crippen LogP contribution in [-0.2, 0) is 6.54 Å². The van der Waals surface area contributed by atoms with E-state index in [2.05, 4.69) is 29.4 Å².